The molecule has 2 amide bonds. The smallest absolute Gasteiger partial charge is 0.315 e. The van der Waals surface area contributed by atoms with Gasteiger partial charge in [0.25, 0.3) is 0 Å². The lowest BCUT2D eigenvalue weighted by molar-refractivity contribution is -0.133. The number of benzene rings is 1. The zero-order chi connectivity index (χ0) is 17.9. The highest BCUT2D eigenvalue weighted by Gasteiger charge is 2.20. The number of aryl methyl sites for hydroxylation is 1. The molecule has 0 bridgehead atoms. The number of hydrogen-bond donors (Lipinski definition) is 2. The number of rotatable bonds is 4. The Morgan fingerprint density at radius 3 is 2.00 bits per heavy atom. The summed E-state index contributed by atoms with van der Waals surface area (Å²) in [7, 11) is 0. The number of nitrogens with one attached hydrogen (secondary N) is 2. The van der Waals surface area contributed by atoms with E-state index < -0.39 is 11.8 Å². The molecule has 0 aliphatic rings. The molecule has 1 aromatic heterocycles. The van der Waals surface area contributed by atoms with Crippen LogP contribution in [-0.4, -0.2) is 17.0 Å². The van der Waals surface area contributed by atoms with Crippen LogP contribution in [0.2, 0.25) is 0 Å². The molecule has 0 unspecified atom stereocenters. The van der Waals surface area contributed by atoms with E-state index in [1.54, 1.807) is 13.0 Å². The van der Waals surface area contributed by atoms with Crippen molar-refractivity contribution in [2.24, 2.45) is 0 Å². The van der Waals surface area contributed by atoms with Crippen molar-refractivity contribution in [1.29, 1.82) is 0 Å². The Bertz CT molecular complexity index is 721. The highest BCUT2D eigenvalue weighted by atomic mass is 16.5. The summed E-state index contributed by atoms with van der Waals surface area (Å²) in [6.45, 7) is 9.90. The first-order valence-corrected chi connectivity index (χ1v) is 7.98. The number of hydrogen-bond acceptors (Lipinski definition) is 4. The maximum Gasteiger partial charge on any atom is 0.315 e. The first-order chi connectivity index (χ1) is 11.3. The Morgan fingerprint density at radius 2 is 1.54 bits per heavy atom. The Labute approximate surface area is 141 Å². The van der Waals surface area contributed by atoms with Gasteiger partial charge >= 0.3 is 11.8 Å². The van der Waals surface area contributed by atoms with Crippen LogP contribution in [-0.2, 0) is 9.59 Å². The number of para-hydroxylation sites is 1. The fourth-order valence-corrected chi connectivity index (χ4v) is 2.46. The topological polar surface area (TPSA) is 84.2 Å². The largest absolute Gasteiger partial charge is 0.360 e. The molecule has 2 rings (SSSR count). The quantitative estimate of drug-likeness (QED) is 0.835. The normalized spacial score (nSPS) is 11.0. The maximum atomic E-state index is 12.3. The molecule has 0 radical (unpaired) electrons. The number of nitrogens with zero attached hydrogens (tertiary/aromatic N) is 1. The molecule has 0 aliphatic carbocycles. The van der Waals surface area contributed by atoms with E-state index in [-0.39, 0.29) is 17.7 Å². The lowest BCUT2D eigenvalue weighted by Gasteiger charge is -2.19. The minimum Gasteiger partial charge on any atom is -0.360 e. The molecule has 0 saturated carbocycles. The number of aromatic nitrogens is 1. The Kier molecular flexibility index (Phi) is 5.39. The van der Waals surface area contributed by atoms with Gasteiger partial charge in [0.05, 0.1) is 0 Å². The number of amides is 2. The number of carbonyl (C=O) groups is 2. The molecule has 2 N–H and O–H groups in total. The minimum atomic E-state index is -0.781. The standard InChI is InChI=1S/C18H23N3O3/c1-10(2)13-7-6-8-14(11(3)4)16(13)20-18(23)17(22)19-15-9-12(5)24-21-15/h6-11H,1-5H3,(H,20,23)(H,19,21,22). The second-order valence-corrected chi connectivity index (χ2v) is 6.35. The van der Waals surface area contributed by atoms with Gasteiger partial charge in [0.2, 0.25) is 0 Å². The molecule has 0 fully saturated rings. The minimum absolute atomic E-state index is 0.217. The van der Waals surface area contributed by atoms with E-state index in [0.717, 1.165) is 11.1 Å². The van der Waals surface area contributed by atoms with Crippen LogP contribution in [0.15, 0.2) is 28.8 Å². The van der Waals surface area contributed by atoms with Crippen molar-refractivity contribution in [2.45, 2.75) is 46.5 Å². The molecule has 24 heavy (non-hydrogen) atoms. The fraction of sp³-hybridized carbons (Fsp3) is 0.389. The Morgan fingerprint density at radius 1 is 1.00 bits per heavy atom. The van der Waals surface area contributed by atoms with Gasteiger partial charge in [-0.25, -0.2) is 0 Å². The third-order valence-electron chi connectivity index (χ3n) is 3.69. The van der Waals surface area contributed by atoms with Crippen molar-refractivity contribution in [3.05, 3.63) is 41.2 Å². The number of anilines is 2. The summed E-state index contributed by atoms with van der Waals surface area (Å²) in [5.41, 5.74) is 2.71. The van der Waals surface area contributed by atoms with Gasteiger partial charge < -0.3 is 9.84 Å². The number of carbonyl (C=O) groups excluding carboxylic acids is 2. The molecule has 1 aromatic carbocycles. The van der Waals surface area contributed by atoms with Crippen molar-refractivity contribution < 1.29 is 14.1 Å². The van der Waals surface area contributed by atoms with Gasteiger partial charge in [0.15, 0.2) is 5.82 Å². The summed E-state index contributed by atoms with van der Waals surface area (Å²) in [5.74, 6) is -0.297. The van der Waals surface area contributed by atoms with E-state index >= 15 is 0 Å². The van der Waals surface area contributed by atoms with Gasteiger partial charge in [-0.05, 0) is 29.9 Å². The molecular formula is C18H23N3O3. The van der Waals surface area contributed by atoms with E-state index in [4.69, 9.17) is 4.52 Å². The van der Waals surface area contributed by atoms with E-state index in [9.17, 15) is 9.59 Å². The van der Waals surface area contributed by atoms with Gasteiger partial charge in [-0.3, -0.25) is 14.9 Å². The van der Waals surface area contributed by atoms with Crippen LogP contribution in [0.4, 0.5) is 11.5 Å². The lowest BCUT2D eigenvalue weighted by atomic mass is 9.92. The van der Waals surface area contributed by atoms with Crippen molar-refractivity contribution in [2.75, 3.05) is 10.6 Å². The van der Waals surface area contributed by atoms with Crippen molar-refractivity contribution in [3.63, 3.8) is 0 Å². The third-order valence-corrected chi connectivity index (χ3v) is 3.69. The van der Waals surface area contributed by atoms with Gasteiger partial charge in [0, 0.05) is 11.8 Å². The summed E-state index contributed by atoms with van der Waals surface area (Å²) in [5, 5.41) is 8.83. The highest BCUT2D eigenvalue weighted by molar-refractivity contribution is 6.43. The summed E-state index contributed by atoms with van der Waals surface area (Å²) >= 11 is 0. The summed E-state index contributed by atoms with van der Waals surface area (Å²) < 4.78 is 4.87. The van der Waals surface area contributed by atoms with Crippen molar-refractivity contribution >= 4 is 23.3 Å². The van der Waals surface area contributed by atoms with Crippen LogP contribution in [0.1, 0.15) is 56.4 Å². The molecule has 0 atom stereocenters. The monoisotopic (exact) mass is 329 g/mol. The van der Waals surface area contributed by atoms with Gasteiger partial charge in [0.1, 0.15) is 5.76 Å². The molecule has 1 heterocycles. The fourth-order valence-electron chi connectivity index (χ4n) is 2.46. The molecule has 128 valence electrons. The maximum absolute atomic E-state index is 12.3. The SMILES string of the molecule is Cc1cc(NC(=O)C(=O)Nc2c(C(C)C)cccc2C(C)C)no1. The van der Waals surface area contributed by atoms with Crippen LogP contribution in [0, 0.1) is 6.92 Å². The van der Waals surface area contributed by atoms with Crippen LogP contribution >= 0.6 is 0 Å². The molecular weight excluding hydrogens is 306 g/mol. The average Bonchev–Trinajstić information content (AvgIpc) is 2.91. The van der Waals surface area contributed by atoms with Crippen molar-refractivity contribution in [1.82, 2.24) is 5.16 Å². The van der Waals surface area contributed by atoms with E-state index in [1.165, 1.54) is 0 Å². The average molecular weight is 329 g/mol. The van der Waals surface area contributed by atoms with E-state index in [0.29, 0.717) is 11.4 Å². The van der Waals surface area contributed by atoms with Crippen molar-refractivity contribution in [3.8, 4) is 0 Å². The lowest BCUT2D eigenvalue weighted by Crippen LogP contribution is -2.30. The second kappa shape index (κ2) is 7.29. The molecule has 6 heteroatoms. The van der Waals surface area contributed by atoms with Gasteiger partial charge in [-0.15, -0.1) is 0 Å². The Hall–Kier alpha value is -2.63. The highest BCUT2D eigenvalue weighted by Crippen LogP contribution is 2.32. The van der Waals surface area contributed by atoms with Crippen LogP contribution in [0.3, 0.4) is 0 Å². The molecule has 0 aliphatic heterocycles. The van der Waals surface area contributed by atoms with E-state index in [1.807, 2.05) is 45.9 Å². The predicted molar refractivity (Wildman–Crippen MR) is 93.1 cm³/mol. The molecule has 6 nitrogen and oxygen atoms in total. The summed E-state index contributed by atoms with van der Waals surface area (Å²) in [4.78, 5) is 24.4. The van der Waals surface area contributed by atoms with E-state index in [2.05, 4.69) is 15.8 Å². The van der Waals surface area contributed by atoms with Gasteiger partial charge in [-0.2, -0.15) is 0 Å². The predicted octanol–water partition coefficient (Wildman–Crippen LogP) is 3.81. The van der Waals surface area contributed by atoms with Crippen LogP contribution < -0.4 is 10.6 Å². The van der Waals surface area contributed by atoms with Gasteiger partial charge in [-0.1, -0.05) is 51.1 Å². The Balaban J connectivity index is 2.22. The zero-order valence-corrected chi connectivity index (χ0v) is 14.6. The van der Waals surface area contributed by atoms with Crippen LogP contribution in [0.25, 0.3) is 0 Å². The summed E-state index contributed by atoms with van der Waals surface area (Å²) in [6, 6.07) is 7.45. The first-order valence-electron chi connectivity index (χ1n) is 7.98. The second-order valence-electron chi connectivity index (χ2n) is 6.35. The first kappa shape index (κ1) is 17.7. The third kappa shape index (κ3) is 4.01. The summed E-state index contributed by atoms with van der Waals surface area (Å²) in [6.07, 6.45) is 0. The molecule has 0 saturated heterocycles. The zero-order valence-electron chi connectivity index (χ0n) is 14.6. The molecule has 0 spiro atoms. The van der Waals surface area contributed by atoms with Crippen LogP contribution in [0.5, 0.6) is 0 Å². The molecule has 2 aromatic rings.